The molecule has 2 heterocycles. The topological polar surface area (TPSA) is 95.4 Å². The van der Waals surface area contributed by atoms with Gasteiger partial charge in [0.2, 0.25) is 17.5 Å². The number of aliphatic hydroxyl groups excluding tert-OH is 1. The molecule has 162 valence electrons. The highest BCUT2D eigenvalue weighted by atomic mass is 35.5. The lowest BCUT2D eigenvalue weighted by molar-refractivity contribution is 0.103. The smallest absolute Gasteiger partial charge is 0.224 e. The van der Waals surface area contributed by atoms with E-state index in [1.165, 1.54) is 13.3 Å². The Morgan fingerprint density at radius 2 is 1.97 bits per heavy atom. The first-order valence-corrected chi connectivity index (χ1v) is 10.6. The van der Waals surface area contributed by atoms with Gasteiger partial charge in [-0.1, -0.05) is 35.9 Å². The van der Waals surface area contributed by atoms with E-state index in [1.807, 2.05) is 24.3 Å². The fourth-order valence-electron chi connectivity index (χ4n) is 4.21. The highest BCUT2D eigenvalue weighted by molar-refractivity contribution is 6.34. The van der Waals surface area contributed by atoms with Crippen molar-refractivity contribution in [2.45, 2.75) is 18.3 Å². The zero-order chi connectivity index (χ0) is 22.5. The molecule has 4 aromatic rings. The number of H-pyrrole nitrogens is 1. The van der Waals surface area contributed by atoms with Crippen molar-refractivity contribution in [3.8, 4) is 22.9 Å². The van der Waals surface area contributed by atoms with E-state index in [9.17, 15) is 15.0 Å². The molecule has 0 saturated heterocycles. The number of rotatable bonds is 6. The van der Waals surface area contributed by atoms with Crippen LogP contribution in [0.5, 0.6) is 11.8 Å². The van der Waals surface area contributed by atoms with E-state index >= 15 is 0 Å². The molecule has 0 radical (unpaired) electrons. The summed E-state index contributed by atoms with van der Waals surface area (Å²) in [7, 11) is 1.44. The van der Waals surface area contributed by atoms with E-state index in [0.29, 0.717) is 15.9 Å². The molecule has 0 spiro atoms. The second kappa shape index (κ2) is 7.65. The van der Waals surface area contributed by atoms with Gasteiger partial charge in [0.25, 0.3) is 0 Å². The van der Waals surface area contributed by atoms with Crippen LogP contribution >= 0.6 is 11.6 Å². The summed E-state index contributed by atoms with van der Waals surface area (Å²) in [6, 6.07) is 14.7. The van der Waals surface area contributed by atoms with Crippen molar-refractivity contribution in [1.82, 2.24) is 9.97 Å². The molecule has 0 unspecified atom stereocenters. The third-order valence-electron chi connectivity index (χ3n) is 6.27. The van der Waals surface area contributed by atoms with Crippen LogP contribution in [0.3, 0.4) is 0 Å². The SMILES string of the molecule is COc1ncccc1C(=O)c1c(O)[nH]c2cc(Cl)c(-c3ccc(C4(CO)CC4)cc3)cc12. The largest absolute Gasteiger partial charge is 0.494 e. The summed E-state index contributed by atoms with van der Waals surface area (Å²) < 4.78 is 5.22. The molecule has 5 rings (SSSR count). The Kier molecular flexibility index (Phi) is 4.92. The van der Waals surface area contributed by atoms with Crippen molar-refractivity contribution < 1.29 is 19.7 Å². The number of halogens is 1. The molecule has 7 heteroatoms. The van der Waals surface area contributed by atoms with Crippen molar-refractivity contribution >= 4 is 28.3 Å². The predicted octanol–water partition coefficient (Wildman–Crippen LogP) is 4.85. The third kappa shape index (κ3) is 3.23. The van der Waals surface area contributed by atoms with Gasteiger partial charge in [-0.25, -0.2) is 4.98 Å². The van der Waals surface area contributed by atoms with Crippen LogP contribution in [0.25, 0.3) is 22.0 Å². The highest BCUT2D eigenvalue weighted by Gasteiger charge is 2.43. The molecule has 1 aliphatic carbocycles. The van der Waals surface area contributed by atoms with Gasteiger partial charge < -0.3 is 19.9 Å². The maximum absolute atomic E-state index is 13.3. The number of pyridine rings is 1. The molecule has 6 nitrogen and oxygen atoms in total. The average Bonchev–Trinajstić information content (AvgIpc) is 3.55. The van der Waals surface area contributed by atoms with Crippen molar-refractivity contribution in [3.63, 3.8) is 0 Å². The maximum Gasteiger partial charge on any atom is 0.224 e. The molecule has 1 fully saturated rings. The Balaban J connectivity index is 1.61. The molecule has 2 aromatic carbocycles. The Bertz CT molecular complexity index is 1340. The van der Waals surface area contributed by atoms with Gasteiger partial charge in [0.1, 0.15) is 0 Å². The molecule has 0 aliphatic heterocycles. The number of carbonyl (C=O) groups is 1. The lowest BCUT2D eigenvalue weighted by Crippen LogP contribution is -2.11. The number of carbonyl (C=O) groups excluding carboxylic acids is 1. The number of aromatic hydroxyl groups is 1. The summed E-state index contributed by atoms with van der Waals surface area (Å²) in [6.07, 6.45) is 3.51. The van der Waals surface area contributed by atoms with E-state index in [0.717, 1.165) is 29.5 Å². The van der Waals surface area contributed by atoms with E-state index in [2.05, 4.69) is 9.97 Å². The number of nitrogens with zero attached hydrogens (tertiary/aromatic N) is 1. The lowest BCUT2D eigenvalue weighted by Gasteiger charge is -2.13. The number of aliphatic hydroxyl groups is 1. The fourth-order valence-corrected chi connectivity index (χ4v) is 4.48. The summed E-state index contributed by atoms with van der Waals surface area (Å²) in [5, 5.41) is 21.3. The number of methoxy groups -OCH3 is 1. The van der Waals surface area contributed by atoms with Crippen LogP contribution in [-0.2, 0) is 5.41 Å². The van der Waals surface area contributed by atoms with Gasteiger partial charge in [-0.2, -0.15) is 0 Å². The van der Waals surface area contributed by atoms with Crippen LogP contribution in [0.15, 0.2) is 54.7 Å². The summed E-state index contributed by atoms with van der Waals surface area (Å²) in [5.41, 5.74) is 3.57. The Morgan fingerprint density at radius 3 is 2.62 bits per heavy atom. The van der Waals surface area contributed by atoms with Crippen LogP contribution in [-0.4, -0.2) is 39.7 Å². The van der Waals surface area contributed by atoms with Crippen LogP contribution < -0.4 is 4.74 Å². The molecular formula is C25H21ClN2O4. The van der Waals surface area contributed by atoms with Crippen LogP contribution in [0.4, 0.5) is 0 Å². The average molecular weight is 449 g/mol. The van der Waals surface area contributed by atoms with Crippen LogP contribution in [0.1, 0.15) is 34.3 Å². The van der Waals surface area contributed by atoms with Crippen molar-refractivity contribution in [2.24, 2.45) is 0 Å². The molecule has 32 heavy (non-hydrogen) atoms. The lowest BCUT2D eigenvalue weighted by atomic mass is 9.93. The number of aromatic nitrogens is 2. The Hall–Kier alpha value is -3.35. The summed E-state index contributed by atoms with van der Waals surface area (Å²) in [6.45, 7) is 0.144. The van der Waals surface area contributed by atoms with Gasteiger partial charge in [0.15, 0.2) is 0 Å². The van der Waals surface area contributed by atoms with Crippen molar-refractivity contribution in [1.29, 1.82) is 0 Å². The number of aromatic amines is 1. The van der Waals surface area contributed by atoms with Gasteiger partial charge in [-0.15, -0.1) is 0 Å². The predicted molar refractivity (Wildman–Crippen MR) is 123 cm³/mol. The molecule has 2 aromatic heterocycles. The minimum absolute atomic E-state index is 0.110. The maximum atomic E-state index is 13.3. The fraction of sp³-hybridized carbons (Fsp3) is 0.200. The summed E-state index contributed by atoms with van der Waals surface area (Å²) in [5.74, 6) is -0.451. The summed E-state index contributed by atoms with van der Waals surface area (Å²) >= 11 is 6.56. The first-order chi connectivity index (χ1) is 15.5. The number of fused-ring (bicyclic) bond motifs is 1. The quantitative estimate of drug-likeness (QED) is 0.366. The summed E-state index contributed by atoms with van der Waals surface area (Å²) in [4.78, 5) is 20.2. The molecule has 1 aliphatic rings. The second-order valence-electron chi connectivity index (χ2n) is 8.13. The Labute approximate surface area is 189 Å². The highest BCUT2D eigenvalue weighted by Crippen LogP contribution is 2.48. The molecule has 1 saturated carbocycles. The van der Waals surface area contributed by atoms with Gasteiger partial charge in [-0.05, 0) is 48.2 Å². The number of benzene rings is 2. The number of hydrogen-bond donors (Lipinski definition) is 3. The van der Waals surface area contributed by atoms with Gasteiger partial charge >= 0.3 is 0 Å². The third-order valence-corrected chi connectivity index (χ3v) is 6.58. The molecule has 3 N–H and O–H groups in total. The standard InChI is InChI=1S/C25H21ClN2O4/c1-32-24-16(3-2-10-27-24)22(30)21-18-11-17(19(26)12-20(18)28-23(21)31)14-4-6-15(7-5-14)25(13-29)8-9-25/h2-7,10-12,28-29,31H,8-9,13H2,1H3. The first-order valence-electron chi connectivity index (χ1n) is 10.3. The molecule has 0 atom stereocenters. The van der Waals surface area contributed by atoms with Crippen LogP contribution in [0, 0.1) is 0 Å². The minimum atomic E-state index is -0.402. The molecule has 0 bridgehead atoms. The van der Waals surface area contributed by atoms with E-state index in [-0.39, 0.29) is 34.9 Å². The van der Waals surface area contributed by atoms with E-state index < -0.39 is 5.78 Å². The Morgan fingerprint density at radius 1 is 1.22 bits per heavy atom. The van der Waals surface area contributed by atoms with E-state index in [1.54, 1.807) is 24.3 Å². The van der Waals surface area contributed by atoms with Crippen molar-refractivity contribution in [3.05, 3.63) is 76.4 Å². The number of ether oxygens (including phenoxy) is 1. The number of ketones is 1. The zero-order valence-corrected chi connectivity index (χ0v) is 18.1. The van der Waals surface area contributed by atoms with E-state index in [4.69, 9.17) is 16.3 Å². The molecular weight excluding hydrogens is 428 g/mol. The normalized spacial score (nSPS) is 14.5. The second-order valence-corrected chi connectivity index (χ2v) is 8.54. The number of hydrogen-bond acceptors (Lipinski definition) is 5. The monoisotopic (exact) mass is 448 g/mol. The van der Waals surface area contributed by atoms with Crippen LogP contribution in [0.2, 0.25) is 5.02 Å². The number of nitrogens with one attached hydrogen (secondary N) is 1. The van der Waals surface area contributed by atoms with Gasteiger partial charge in [0.05, 0.1) is 35.4 Å². The van der Waals surface area contributed by atoms with Gasteiger partial charge in [0, 0.05) is 22.6 Å². The first kappa shape index (κ1) is 20.5. The minimum Gasteiger partial charge on any atom is -0.494 e. The van der Waals surface area contributed by atoms with Crippen molar-refractivity contribution in [2.75, 3.05) is 13.7 Å². The zero-order valence-electron chi connectivity index (χ0n) is 17.4. The van der Waals surface area contributed by atoms with Gasteiger partial charge in [-0.3, -0.25) is 4.79 Å². The molecule has 0 amide bonds.